The molecule has 0 saturated carbocycles. The van der Waals surface area contributed by atoms with Crippen LogP contribution in [0, 0.1) is 0 Å². The topological polar surface area (TPSA) is 140 Å². The second-order valence-corrected chi connectivity index (χ2v) is 14.3. The van der Waals surface area contributed by atoms with Crippen LogP contribution in [0.4, 0.5) is 0 Å². The van der Waals surface area contributed by atoms with Crippen LogP contribution in [0.25, 0.3) is 0 Å². The van der Waals surface area contributed by atoms with Gasteiger partial charge in [0.1, 0.15) is 6.61 Å². The number of esters is 2. The van der Waals surface area contributed by atoms with Crippen LogP contribution in [0.1, 0.15) is 136 Å². The third-order valence-electron chi connectivity index (χ3n) is 7.86. The predicted octanol–water partition coefficient (Wildman–Crippen LogP) is 11.4. The Morgan fingerprint density at radius 3 is 1.71 bits per heavy atom. The number of allylic oxidation sites excluding steroid dienone is 16. The molecule has 55 heavy (non-hydrogen) atoms. The minimum Gasteiger partial charge on any atom is -0.462 e. The molecule has 0 rings (SSSR count). The summed E-state index contributed by atoms with van der Waals surface area (Å²) in [6, 6.07) is 0. The maximum absolute atomic E-state index is 12.4. The number of hydrogen-bond donors (Lipinski definition) is 3. The number of carbonyl (C=O) groups excluding carboxylic acids is 2. The molecule has 9 nitrogen and oxygen atoms in total. The molecule has 0 fully saturated rings. The zero-order valence-corrected chi connectivity index (χ0v) is 34.5. The molecule has 0 aliphatic carbocycles. The first-order valence-corrected chi connectivity index (χ1v) is 21.8. The van der Waals surface area contributed by atoms with E-state index >= 15 is 0 Å². The highest BCUT2D eigenvalue weighted by Crippen LogP contribution is 2.36. The Morgan fingerprint density at radius 1 is 0.582 bits per heavy atom. The number of phosphoric ester groups is 1. The first-order valence-electron chi connectivity index (χ1n) is 20.3. The van der Waals surface area contributed by atoms with Gasteiger partial charge in [0.05, 0.1) is 12.7 Å². The molecule has 0 bridgehead atoms. The van der Waals surface area contributed by atoms with Crippen LogP contribution in [0.3, 0.4) is 0 Å². The summed E-state index contributed by atoms with van der Waals surface area (Å²) in [5, 5.41) is 10.00. The molecule has 0 aromatic heterocycles. The fourth-order valence-corrected chi connectivity index (χ4v) is 5.19. The van der Waals surface area contributed by atoms with Crippen molar-refractivity contribution in [2.45, 2.75) is 148 Å². The fourth-order valence-electron chi connectivity index (χ4n) is 4.83. The molecule has 0 aromatic carbocycles. The molecule has 0 aliphatic heterocycles. The maximum Gasteiger partial charge on any atom is 0.469 e. The van der Waals surface area contributed by atoms with Crippen molar-refractivity contribution in [3.05, 3.63) is 109 Å². The number of carbonyl (C=O) groups is 2. The number of aliphatic hydroxyl groups excluding tert-OH is 1. The lowest BCUT2D eigenvalue weighted by Crippen LogP contribution is -2.29. The normalized spacial score (nSPS) is 14.2. The molecule has 310 valence electrons. The summed E-state index contributed by atoms with van der Waals surface area (Å²) >= 11 is 0. The second-order valence-electron chi connectivity index (χ2n) is 13.1. The average molecular weight is 787 g/mol. The van der Waals surface area contributed by atoms with E-state index in [0.29, 0.717) is 32.1 Å². The van der Waals surface area contributed by atoms with E-state index in [1.54, 1.807) is 6.08 Å². The van der Waals surface area contributed by atoms with Gasteiger partial charge in [0.15, 0.2) is 6.10 Å². The van der Waals surface area contributed by atoms with Crippen LogP contribution in [-0.2, 0) is 28.2 Å². The summed E-state index contributed by atoms with van der Waals surface area (Å²) in [5.41, 5.74) is 0. The molecule has 10 heteroatoms. The Kier molecular flexibility index (Phi) is 36.6. The monoisotopic (exact) mass is 786 g/mol. The summed E-state index contributed by atoms with van der Waals surface area (Å²) in [5.74, 6) is -1.04. The van der Waals surface area contributed by atoms with Gasteiger partial charge in [0, 0.05) is 12.8 Å². The van der Waals surface area contributed by atoms with Crippen LogP contribution >= 0.6 is 7.82 Å². The highest BCUT2D eigenvalue weighted by molar-refractivity contribution is 7.46. The lowest BCUT2D eigenvalue weighted by Gasteiger charge is -2.18. The van der Waals surface area contributed by atoms with Gasteiger partial charge in [-0.05, 0) is 89.9 Å². The molecular weight excluding hydrogens is 715 g/mol. The highest BCUT2D eigenvalue weighted by Gasteiger charge is 2.22. The van der Waals surface area contributed by atoms with Gasteiger partial charge < -0.3 is 24.4 Å². The summed E-state index contributed by atoms with van der Waals surface area (Å²) < 4.78 is 26.3. The summed E-state index contributed by atoms with van der Waals surface area (Å²) in [4.78, 5) is 42.8. The van der Waals surface area contributed by atoms with E-state index < -0.39 is 38.6 Å². The minimum absolute atomic E-state index is 0.0894. The Hall–Kier alpha value is -3.33. The number of hydrogen-bond acceptors (Lipinski definition) is 7. The molecule has 3 N–H and O–H groups in total. The van der Waals surface area contributed by atoms with Crippen LogP contribution < -0.4 is 0 Å². The minimum atomic E-state index is -4.80. The van der Waals surface area contributed by atoms with Gasteiger partial charge in [0.2, 0.25) is 0 Å². The summed E-state index contributed by atoms with van der Waals surface area (Å²) in [6.07, 6.45) is 51.2. The van der Waals surface area contributed by atoms with Crippen molar-refractivity contribution in [3.63, 3.8) is 0 Å². The fraction of sp³-hybridized carbons (Fsp3) is 0.556. The van der Waals surface area contributed by atoms with Gasteiger partial charge in [-0.3, -0.25) is 14.1 Å². The third-order valence-corrected chi connectivity index (χ3v) is 8.34. The molecule has 0 aliphatic rings. The standard InChI is InChI=1S/C45H71O9P/c1-3-5-7-9-11-12-13-14-15-16-17-18-19-20-21-22-26-30-34-38-44(47)52-40-43(41-53-55(49,50)51)54-45(48)39-35-31-27-24-23-25-29-33-37-42(46)36-32-28-10-8-6-4-2/h5,7,11-12,14-15,17-18,20-21,24-25,27-29,32-33,37,42-43,46H,3-4,6,8-10,13,16,19,22-23,26,30-31,34-36,38-41H2,1-2H3,(H2,49,50,51)/b7-5-,12-11-,15-14-,18-17-,21-20-,27-24-,29-25-,32-28-,37-33+/t42-,43+/m0/s1. The summed E-state index contributed by atoms with van der Waals surface area (Å²) in [6.45, 7) is 3.37. The smallest absolute Gasteiger partial charge is 0.462 e. The zero-order valence-electron chi connectivity index (χ0n) is 33.6. The van der Waals surface area contributed by atoms with E-state index in [4.69, 9.17) is 19.3 Å². The van der Waals surface area contributed by atoms with Gasteiger partial charge in [-0.25, -0.2) is 4.57 Å². The lowest BCUT2D eigenvalue weighted by molar-refractivity contribution is -0.161. The predicted molar refractivity (Wildman–Crippen MR) is 226 cm³/mol. The quantitative estimate of drug-likeness (QED) is 0.0188. The molecule has 0 saturated heterocycles. The maximum atomic E-state index is 12.4. The Balaban J connectivity index is 4.19. The Bertz CT molecular complexity index is 1270. The Morgan fingerprint density at radius 2 is 1.11 bits per heavy atom. The molecule has 0 spiro atoms. The van der Waals surface area contributed by atoms with Gasteiger partial charge in [0.25, 0.3) is 0 Å². The first kappa shape index (κ1) is 51.7. The molecule has 0 radical (unpaired) electrons. The Labute approximate surface area is 332 Å². The number of phosphoric acid groups is 1. The lowest BCUT2D eigenvalue weighted by atomic mass is 10.1. The van der Waals surface area contributed by atoms with Gasteiger partial charge in [-0.1, -0.05) is 142 Å². The van der Waals surface area contributed by atoms with Crippen molar-refractivity contribution in [2.75, 3.05) is 13.2 Å². The van der Waals surface area contributed by atoms with Crippen molar-refractivity contribution in [2.24, 2.45) is 0 Å². The number of ether oxygens (including phenoxy) is 2. The van der Waals surface area contributed by atoms with E-state index in [-0.39, 0.29) is 19.4 Å². The van der Waals surface area contributed by atoms with Crippen molar-refractivity contribution < 1.29 is 43.0 Å². The number of rotatable bonds is 35. The average Bonchev–Trinajstić information content (AvgIpc) is 3.15. The summed E-state index contributed by atoms with van der Waals surface area (Å²) in [7, 11) is -4.80. The van der Waals surface area contributed by atoms with Crippen molar-refractivity contribution in [1.29, 1.82) is 0 Å². The van der Waals surface area contributed by atoms with Gasteiger partial charge in [-0.2, -0.15) is 0 Å². The van der Waals surface area contributed by atoms with Crippen molar-refractivity contribution in [3.8, 4) is 0 Å². The van der Waals surface area contributed by atoms with E-state index in [0.717, 1.165) is 57.8 Å². The third kappa shape index (κ3) is 41.7. The molecule has 0 amide bonds. The van der Waals surface area contributed by atoms with E-state index in [1.807, 2.05) is 36.5 Å². The molecular formula is C45H71O9P. The van der Waals surface area contributed by atoms with Crippen LogP contribution in [0.2, 0.25) is 0 Å². The molecule has 2 atom stereocenters. The van der Waals surface area contributed by atoms with Crippen LogP contribution in [0.15, 0.2) is 109 Å². The first-order chi connectivity index (χ1) is 26.7. The van der Waals surface area contributed by atoms with Gasteiger partial charge >= 0.3 is 19.8 Å². The number of aliphatic hydroxyl groups is 1. The molecule has 0 aromatic rings. The highest BCUT2D eigenvalue weighted by atomic mass is 31.2. The number of unbranched alkanes of at least 4 members (excludes halogenated alkanes) is 7. The molecule has 0 unspecified atom stereocenters. The zero-order chi connectivity index (χ0) is 40.5. The van der Waals surface area contributed by atoms with Crippen LogP contribution in [0.5, 0.6) is 0 Å². The van der Waals surface area contributed by atoms with Gasteiger partial charge in [-0.15, -0.1) is 0 Å². The van der Waals surface area contributed by atoms with Crippen molar-refractivity contribution in [1.82, 2.24) is 0 Å². The SMILES string of the molecule is CC/C=C\C/C=C\C/C=C\C/C=C\C/C=C\CCCCCC(=O)OC[C@H](COP(=O)(O)O)OC(=O)CCC/C=C\C/C=C\C=C\[C@@H](O)C/C=C\CCCCC. The largest absolute Gasteiger partial charge is 0.469 e. The second kappa shape index (κ2) is 38.9. The van der Waals surface area contributed by atoms with E-state index in [1.165, 1.54) is 19.3 Å². The van der Waals surface area contributed by atoms with E-state index in [2.05, 4.69) is 85.2 Å². The van der Waals surface area contributed by atoms with Crippen LogP contribution in [-0.4, -0.2) is 52.3 Å². The van der Waals surface area contributed by atoms with Crippen molar-refractivity contribution >= 4 is 19.8 Å². The molecule has 0 heterocycles. The van der Waals surface area contributed by atoms with E-state index in [9.17, 15) is 19.3 Å².